The first-order valence-electron chi connectivity index (χ1n) is 5.51. The van der Waals surface area contributed by atoms with E-state index in [2.05, 4.69) is 4.98 Å². The van der Waals surface area contributed by atoms with Crippen molar-refractivity contribution >= 4 is 10.9 Å². The van der Waals surface area contributed by atoms with Crippen LogP contribution in [-0.4, -0.2) is 4.98 Å². The van der Waals surface area contributed by atoms with E-state index in [0.29, 0.717) is 5.52 Å². The van der Waals surface area contributed by atoms with Gasteiger partial charge in [0.05, 0.1) is 11.1 Å². The maximum Gasteiger partial charge on any atom is 0.416 e. The Morgan fingerprint density at radius 3 is 2.59 bits per heavy atom. The molecule has 88 valence electrons. The summed E-state index contributed by atoms with van der Waals surface area (Å²) in [5.41, 5.74) is 0.637. The molecule has 0 radical (unpaired) electrons. The van der Waals surface area contributed by atoms with Crippen LogP contribution in [0.15, 0.2) is 30.5 Å². The van der Waals surface area contributed by atoms with Crippen LogP contribution < -0.4 is 0 Å². The van der Waals surface area contributed by atoms with Crippen LogP contribution in [0, 0.1) is 0 Å². The third kappa shape index (κ3) is 1.88. The minimum absolute atomic E-state index is 0.281. The molecule has 0 aliphatic heterocycles. The van der Waals surface area contributed by atoms with Crippen LogP contribution in [0.3, 0.4) is 0 Å². The molecule has 1 saturated carbocycles. The zero-order chi connectivity index (χ0) is 12.0. The smallest absolute Gasteiger partial charge is 0.256 e. The van der Waals surface area contributed by atoms with E-state index < -0.39 is 11.7 Å². The molecule has 17 heavy (non-hydrogen) atoms. The van der Waals surface area contributed by atoms with E-state index in [4.69, 9.17) is 0 Å². The summed E-state index contributed by atoms with van der Waals surface area (Å²) in [5.74, 6) is 0.281. The van der Waals surface area contributed by atoms with Gasteiger partial charge in [-0.05, 0) is 42.5 Å². The highest BCUT2D eigenvalue weighted by Gasteiger charge is 2.34. The second-order valence-corrected chi connectivity index (χ2v) is 4.41. The van der Waals surface area contributed by atoms with Crippen LogP contribution in [0.5, 0.6) is 0 Å². The van der Waals surface area contributed by atoms with Gasteiger partial charge in [0.1, 0.15) is 0 Å². The molecule has 0 atom stereocenters. The van der Waals surface area contributed by atoms with Crippen molar-refractivity contribution < 1.29 is 13.2 Å². The second kappa shape index (κ2) is 3.45. The number of halogens is 3. The molecule has 2 aromatic rings. The van der Waals surface area contributed by atoms with Gasteiger partial charge in [-0.15, -0.1) is 0 Å². The number of alkyl halides is 3. The Morgan fingerprint density at radius 1 is 1.18 bits per heavy atom. The maximum atomic E-state index is 12.8. The highest BCUT2D eigenvalue weighted by atomic mass is 19.4. The van der Waals surface area contributed by atoms with Crippen molar-refractivity contribution in [3.63, 3.8) is 0 Å². The molecule has 1 heterocycles. The quantitative estimate of drug-likeness (QED) is 0.726. The molecule has 4 heteroatoms. The Labute approximate surface area is 96.3 Å². The fourth-order valence-electron chi connectivity index (χ4n) is 2.11. The fourth-order valence-corrected chi connectivity index (χ4v) is 2.11. The molecule has 0 saturated heterocycles. The molecule has 1 fully saturated rings. The Morgan fingerprint density at radius 2 is 1.94 bits per heavy atom. The second-order valence-electron chi connectivity index (χ2n) is 4.41. The van der Waals surface area contributed by atoms with Crippen molar-refractivity contribution in [3.05, 3.63) is 41.6 Å². The highest BCUT2D eigenvalue weighted by Crippen LogP contribution is 2.45. The highest BCUT2D eigenvalue weighted by molar-refractivity contribution is 5.84. The first kappa shape index (κ1) is 10.6. The SMILES string of the molecule is FC(F)(F)c1cc(C2CC2)c2cccnc2c1. The van der Waals surface area contributed by atoms with E-state index in [0.717, 1.165) is 29.9 Å². The Hall–Kier alpha value is -1.58. The van der Waals surface area contributed by atoms with Crippen molar-refractivity contribution in [1.29, 1.82) is 0 Å². The van der Waals surface area contributed by atoms with Crippen LogP contribution >= 0.6 is 0 Å². The number of fused-ring (bicyclic) bond motifs is 1. The lowest BCUT2D eigenvalue weighted by molar-refractivity contribution is -0.137. The van der Waals surface area contributed by atoms with E-state index in [1.54, 1.807) is 6.07 Å². The molecule has 1 aliphatic carbocycles. The lowest BCUT2D eigenvalue weighted by Gasteiger charge is -2.11. The van der Waals surface area contributed by atoms with Crippen molar-refractivity contribution in [2.45, 2.75) is 24.9 Å². The van der Waals surface area contributed by atoms with Gasteiger partial charge in [-0.1, -0.05) is 6.07 Å². The largest absolute Gasteiger partial charge is 0.416 e. The van der Waals surface area contributed by atoms with Gasteiger partial charge < -0.3 is 0 Å². The van der Waals surface area contributed by atoms with Gasteiger partial charge in [0.15, 0.2) is 0 Å². The summed E-state index contributed by atoms with van der Waals surface area (Å²) in [7, 11) is 0. The third-order valence-electron chi connectivity index (χ3n) is 3.10. The molecule has 3 rings (SSSR count). The van der Waals surface area contributed by atoms with Crippen LogP contribution in [0.4, 0.5) is 13.2 Å². The summed E-state index contributed by atoms with van der Waals surface area (Å²) >= 11 is 0. The molecular weight excluding hydrogens is 227 g/mol. The summed E-state index contributed by atoms with van der Waals surface area (Å²) in [6.45, 7) is 0. The molecule has 0 N–H and O–H groups in total. The van der Waals surface area contributed by atoms with Crippen molar-refractivity contribution in [3.8, 4) is 0 Å². The van der Waals surface area contributed by atoms with Crippen LogP contribution in [0.25, 0.3) is 10.9 Å². The van der Waals surface area contributed by atoms with Gasteiger partial charge in [0.2, 0.25) is 0 Å². The lowest BCUT2D eigenvalue weighted by atomic mass is 10.0. The van der Waals surface area contributed by atoms with Gasteiger partial charge in [0.25, 0.3) is 0 Å². The minimum Gasteiger partial charge on any atom is -0.256 e. The molecule has 0 unspecified atom stereocenters. The van der Waals surface area contributed by atoms with E-state index in [-0.39, 0.29) is 5.92 Å². The zero-order valence-electron chi connectivity index (χ0n) is 8.96. The maximum absolute atomic E-state index is 12.8. The molecule has 0 bridgehead atoms. The van der Waals surface area contributed by atoms with Crippen molar-refractivity contribution in [1.82, 2.24) is 4.98 Å². The predicted molar refractivity (Wildman–Crippen MR) is 58.7 cm³/mol. The van der Waals surface area contributed by atoms with E-state index in [9.17, 15) is 13.2 Å². The number of nitrogens with zero attached hydrogens (tertiary/aromatic N) is 1. The molecule has 1 aromatic carbocycles. The predicted octanol–water partition coefficient (Wildman–Crippen LogP) is 4.13. The first-order valence-corrected chi connectivity index (χ1v) is 5.51. The molecule has 1 nitrogen and oxygen atoms in total. The molecule has 0 amide bonds. The molecule has 1 aromatic heterocycles. The summed E-state index contributed by atoms with van der Waals surface area (Å²) < 4.78 is 38.3. The van der Waals surface area contributed by atoms with Crippen LogP contribution in [0.1, 0.15) is 29.9 Å². The molecular formula is C13H10F3N. The van der Waals surface area contributed by atoms with Gasteiger partial charge >= 0.3 is 6.18 Å². The minimum atomic E-state index is -4.30. The van der Waals surface area contributed by atoms with Crippen LogP contribution in [0.2, 0.25) is 0 Å². The number of benzene rings is 1. The lowest BCUT2D eigenvalue weighted by Crippen LogP contribution is -2.06. The zero-order valence-corrected chi connectivity index (χ0v) is 8.96. The van der Waals surface area contributed by atoms with Gasteiger partial charge in [0, 0.05) is 11.6 Å². The van der Waals surface area contributed by atoms with Gasteiger partial charge in [-0.2, -0.15) is 13.2 Å². The summed E-state index contributed by atoms with van der Waals surface area (Å²) in [6, 6.07) is 6.01. The standard InChI is InChI=1S/C13H10F3N/c14-13(15,16)9-6-11(8-3-4-8)10-2-1-5-17-12(10)7-9/h1-2,5-8H,3-4H2. The number of rotatable bonds is 1. The number of hydrogen-bond acceptors (Lipinski definition) is 1. The van der Waals surface area contributed by atoms with Crippen molar-refractivity contribution in [2.75, 3.05) is 0 Å². The van der Waals surface area contributed by atoms with Crippen molar-refractivity contribution in [2.24, 2.45) is 0 Å². The van der Waals surface area contributed by atoms with E-state index in [1.807, 2.05) is 6.07 Å². The summed E-state index contributed by atoms with van der Waals surface area (Å²) in [4.78, 5) is 4.03. The van der Waals surface area contributed by atoms with Crippen LogP contribution in [-0.2, 0) is 6.18 Å². The monoisotopic (exact) mass is 237 g/mol. The number of pyridine rings is 1. The normalized spacial score (nSPS) is 16.4. The summed E-state index contributed by atoms with van der Waals surface area (Å²) in [6.07, 6.45) is -0.814. The first-order chi connectivity index (χ1) is 8.05. The topological polar surface area (TPSA) is 12.9 Å². The third-order valence-corrected chi connectivity index (χ3v) is 3.10. The van der Waals surface area contributed by atoms with E-state index >= 15 is 0 Å². The van der Waals surface area contributed by atoms with E-state index in [1.165, 1.54) is 12.3 Å². The average Bonchev–Trinajstić information content (AvgIpc) is 3.10. The molecule has 1 aliphatic rings. The van der Waals surface area contributed by atoms with Gasteiger partial charge in [-0.25, -0.2) is 0 Å². The summed E-state index contributed by atoms with van der Waals surface area (Å²) in [5, 5.41) is 0.850. The Kier molecular flexibility index (Phi) is 2.15. The Bertz CT molecular complexity index is 570. The number of aromatic nitrogens is 1. The molecule has 0 spiro atoms. The number of hydrogen-bond donors (Lipinski definition) is 0. The fraction of sp³-hybridized carbons (Fsp3) is 0.308. The average molecular weight is 237 g/mol. The Balaban J connectivity index is 2.27. The van der Waals surface area contributed by atoms with Gasteiger partial charge in [-0.3, -0.25) is 4.98 Å².